The van der Waals surface area contributed by atoms with E-state index in [1.54, 1.807) is 0 Å². The SMILES string of the molecule is CCCN(CCN(C)C)CC(CO)(NC)c1ccccc1. The Kier molecular flexibility index (Phi) is 7.89. The Balaban J connectivity index is 2.88. The van der Waals surface area contributed by atoms with Gasteiger partial charge in [0, 0.05) is 19.6 Å². The highest BCUT2D eigenvalue weighted by atomic mass is 16.3. The van der Waals surface area contributed by atoms with Gasteiger partial charge in [-0.3, -0.25) is 4.90 Å². The maximum Gasteiger partial charge on any atom is 0.0795 e. The smallest absolute Gasteiger partial charge is 0.0795 e. The zero-order chi connectivity index (χ0) is 15.7. The Morgan fingerprint density at radius 2 is 1.76 bits per heavy atom. The van der Waals surface area contributed by atoms with Crippen LogP contribution in [0, 0.1) is 0 Å². The van der Waals surface area contributed by atoms with Crippen LogP contribution in [-0.2, 0) is 5.54 Å². The van der Waals surface area contributed by atoms with E-state index in [2.05, 4.69) is 48.3 Å². The van der Waals surface area contributed by atoms with Crippen molar-refractivity contribution in [3.8, 4) is 0 Å². The molecule has 0 aliphatic carbocycles. The topological polar surface area (TPSA) is 38.7 Å². The molecule has 1 rings (SSSR count). The molecule has 0 bridgehead atoms. The van der Waals surface area contributed by atoms with Crippen LogP contribution in [0.5, 0.6) is 0 Å². The Bertz CT molecular complexity index is 377. The molecule has 0 fully saturated rings. The lowest BCUT2D eigenvalue weighted by Gasteiger charge is -2.38. The van der Waals surface area contributed by atoms with Gasteiger partial charge in [0.1, 0.15) is 0 Å². The van der Waals surface area contributed by atoms with Crippen molar-refractivity contribution in [3.63, 3.8) is 0 Å². The van der Waals surface area contributed by atoms with Crippen LogP contribution in [0.1, 0.15) is 18.9 Å². The lowest BCUT2D eigenvalue weighted by molar-refractivity contribution is 0.108. The van der Waals surface area contributed by atoms with E-state index < -0.39 is 5.54 Å². The second kappa shape index (κ2) is 9.15. The largest absolute Gasteiger partial charge is 0.394 e. The molecule has 1 aromatic carbocycles. The van der Waals surface area contributed by atoms with E-state index in [9.17, 15) is 5.11 Å². The molecule has 0 amide bonds. The third-order valence-corrected chi connectivity index (χ3v) is 3.97. The summed E-state index contributed by atoms with van der Waals surface area (Å²) in [6, 6.07) is 10.2. The van der Waals surface area contributed by atoms with Gasteiger partial charge in [0.15, 0.2) is 0 Å². The number of nitrogens with zero attached hydrogens (tertiary/aromatic N) is 2. The summed E-state index contributed by atoms with van der Waals surface area (Å²) in [6.07, 6.45) is 1.12. The second-order valence-corrected chi connectivity index (χ2v) is 5.94. The molecule has 0 saturated heterocycles. The fourth-order valence-electron chi connectivity index (χ4n) is 2.60. The molecule has 1 unspecified atom stereocenters. The van der Waals surface area contributed by atoms with Crippen LogP contribution in [0.15, 0.2) is 30.3 Å². The van der Waals surface area contributed by atoms with Crippen molar-refractivity contribution in [2.45, 2.75) is 18.9 Å². The standard InChI is InChI=1S/C17H31N3O/c1-5-11-20(13-12-19(3)4)14-17(15-21,18-2)16-9-7-6-8-10-16/h6-10,18,21H,5,11-15H2,1-4H3. The van der Waals surface area contributed by atoms with Crippen LogP contribution >= 0.6 is 0 Å². The number of hydrogen-bond donors (Lipinski definition) is 2. The summed E-state index contributed by atoms with van der Waals surface area (Å²) in [6.45, 7) is 6.19. The summed E-state index contributed by atoms with van der Waals surface area (Å²) in [7, 11) is 6.12. The van der Waals surface area contributed by atoms with Crippen molar-refractivity contribution in [1.82, 2.24) is 15.1 Å². The van der Waals surface area contributed by atoms with E-state index in [0.29, 0.717) is 0 Å². The summed E-state index contributed by atoms with van der Waals surface area (Å²) < 4.78 is 0. The number of aliphatic hydroxyl groups excluding tert-OH is 1. The van der Waals surface area contributed by atoms with E-state index in [0.717, 1.165) is 38.2 Å². The van der Waals surface area contributed by atoms with Crippen LogP contribution in [0.4, 0.5) is 0 Å². The molecule has 4 heteroatoms. The normalized spacial score (nSPS) is 14.6. The number of nitrogens with one attached hydrogen (secondary N) is 1. The minimum absolute atomic E-state index is 0.0929. The number of rotatable bonds is 10. The molecule has 4 nitrogen and oxygen atoms in total. The van der Waals surface area contributed by atoms with Gasteiger partial charge >= 0.3 is 0 Å². The molecular weight excluding hydrogens is 262 g/mol. The lowest BCUT2D eigenvalue weighted by atomic mass is 9.90. The van der Waals surface area contributed by atoms with E-state index in [1.807, 2.05) is 25.2 Å². The average Bonchev–Trinajstić information content (AvgIpc) is 2.51. The first-order valence-corrected chi connectivity index (χ1v) is 7.80. The Labute approximate surface area is 129 Å². The van der Waals surface area contributed by atoms with Gasteiger partial charge in [0.05, 0.1) is 12.1 Å². The monoisotopic (exact) mass is 293 g/mol. The summed E-state index contributed by atoms with van der Waals surface area (Å²) in [5.41, 5.74) is 0.740. The molecule has 0 saturated carbocycles. The van der Waals surface area contributed by atoms with Gasteiger partial charge in [0.25, 0.3) is 0 Å². The van der Waals surface area contributed by atoms with Crippen molar-refractivity contribution >= 4 is 0 Å². The molecule has 1 aromatic rings. The van der Waals surface area contributed by atoms with Gasteiger partial charge in [-0.2, -0.15) is 0 Å². The molecule has 2 N–H and O–H groups in total. The van der Waals surface area contributed by atoms with Gasteiger partial charge in [-0.05, 0) is 39.7 Å². The number of aliphatic hydroxyl groups is 1. The average molecular weight is 293 g/mol. The highest BCUT2D eigenvalue weighted by molar-refractivity contribution is 5.25. The van der Waals surface area contributed by atoms with Crippen LogP contribution in [0.3, 0.4) is 0 Å². The Morgan fingerprint density at radius 3 is 2.24 bits per heavy atom. The lowest BCUT2D eigenvalue weighted by Crippen LogP contribution is -2.53. The number of hydrogen-bond acceptors (Lipinski definition) is 4. The van der Waals surface area contributed by atoms with E-state index in [1.165, 1.54) is 0 Å². The maximum atomic E-state index is 10.0. The second-order valence-electron chi connectivity index (χ2n) is 5.94. The quantitative estimate of drug-likeness (QED) is 0.683. The van der Waals surface area contributed by atoms with Crippen molar-refractivity contribution in [3.05, 3.63) is 35.9 Å². The van der Waals surface area contributed by atoms with Crippen molar-refractivity contribution < 1.29 is 5.11 Å². The van der Waals surface area contributed by atoms with Crippen molar-refractivity contribution in [1.29, 1.82) is 0 Å². The van der Waals surface area contributed by atoms with Crippen LogP contribution < -0.4 is 5.32 Å². The van der Waals surface area contributed by atoms with Gasteiger partial charge < -0.3 is 15.3 Å². The molecular formula is C17H31N3O. The molecule has 0 aliphatic rings. The zero-order valence-corrected chi connectivity index (χ0v) is 14.0. The van der Waals surface area contributed by atoms with Crippen molar-refractivity contribution in [2.75, 3.05) is 53.9 Å². The highest BCUT2D eigenvalue weighted by Crippen LogP contribution is 2.22. The summed E-state index contributed by atoms with van der Waals surface area (Å²) in [5, 5.41) is 13.4. The first-order valence-electron chi connectivity index (χ1n) is 7.80. The Hall–Kier alpha value is -0.940. The first kappa shape index (κ1) is 18.1. The van der Waals surface area contributed by atoms with Crippen LogP contribution in [0.25, 0.3) is 0 Å². The predicted octanol–water partition coefficient (Wildman–Crippen LogP) is 1.37. The van der Waals surface area contributed by atoms with E-state index in [4.69, 9.17) is 0 Å². The van der Waals surface area contributed by atoms with E-state index >= 15 is 0 Å². The molecule has 0 aliphatic heterocycles. The molecule has 120 valence electrons. The summed E-state index contributed by atoms with van der Waals surface area (Å²) in [4.78, 5) is 4.63. The minimum atomic E-state index is -0.400. The van der Waals surface area contributed by atoms with Gasteiger partial charge in [-0.25, -0.2) is 0 Å². The molecule has 1 atom stereocenters. The first-order chi connectivity index (χ1) is 10.1. The number of benzene rings is 1. The Morgan fingerprint density at radius 1 is 1.10 bits per heavy atom. The third-order valence-electron chi connectivity index (χ3n) is 3.97. The van der Waals surface area contributed by atoms with Crippen LogP contribution in [0.2, 0.25) is 0 Å². The molecule has 0 radical (unpaired) electrons. The van der Waals surface area contributed by atoms with Crippen LogP contribution in [-0.4, -0.2) is 68.8 Å². The molecule has 0 aromatic heterocycles. The van der Waals surface area contributed by atoms with E-state index in [-0.39, 0.29) is 6.61 Å². The van der Waals surface area contributed by atoms with Gasteiger partial charge in [-0.1, -0.05) is 37.3 Å². The summed E-state index contributed by atoms with van der Waals surface area (Å²) >= 11 is 0. The highest BCUT2D eigenvalue weighted by Gasteiger charge is 2.31. The molecule has 0 spiro atoms. The maximum absolute atomic E-state index is 10.0. The molecule has 21 heavy (non-hydrogen) atoms. The fourth-order valence-corrected chi connectivity index (χ4v) is 2.60. The molecule has 0 heterocycles. The minimum Gasteiger partial charge on any atom is -0.394 e. The number of likely N-dealkylation sites (N-methyl/N-ethyl adjacent to an activating group) is 2. The van der Waals surface area contributed by atoms with Crippen molar-refractivity contribution in [2.24, 2.45) is 0 Å². The van der Waals surface area contributed by atoms with Gasteiger partial charge in [-0.15, -0.1) is 0 Å². The third kappa shape index (κ3) is 5.40. The summed E-state index contributed by atoms with van der Waals surface area (Å²) in [5.74, 6) is 0. The zero-order valence-electron chi connectivity index (χ0n) is 14.0. The predicted molar refractivity (Wildman–Crippen MR) is 89.6 cm³/mol. The fraction of sp³-hybridized carbons (Fsp3) is 0.647. The van der Waals surface area contributed by atoms with Gasteiger partial charge in [0.2, 0.25) is 0 Å².